The molecular formula is C36H43N5O8S. The third-order valence-corrected chi connectivity index (χ3v) is 10.7. The summed E-state index contributed by atoms with van der Waals surface area (Å²) in [6, 6.07) is 14.5. The van der Waals surface area contributed by atoms with Crippen molar-refractivity contribution < 1.29 is 37.4 Å². The molecule has 1 aliphatic carbocycles. The summed E-state index contributed by atoms with van der Waals surface area (Å²) in [6.07, 6.45) is -0.0948. The van der Waals surface area contributed by atoms with Crippen LogP contribution in [0.2, 0.25) is 0 Å². The number of carboxylic acids is 1. The zero-order chi connectivity index (χ0) is 36.4. The molecule has 0 saturated heterocycles. The number of rotatable bonds is 12. The SMILES string of the molecule is Cc1c(C)c(S(=O)(=O)NC(N)=NCCC[C@@H](NC(=O)CNC(=O)OCC2c3ccccc3-c3ccccc32)C(=O)O)c(C)c2c1OC(C)(C)C2. The Kier molecular flexibility index (Phi) is 10.4. The number of carbonyl (C=O) groups excluding carboxylic acids is 2. The number of hydrogen-bond acceptors (Lipinski definition) is 8. The lowest BCUT2D eigenvalue weighted by atomic mass is 9.94. The van der Waals surface area contributed by atoms with E-state index in [1.807, 2.05) is 69.3 Å². The molecular weight excluding hydrogens is 662 g/mol. The number of fused-ring (bicyclic) bond motifs is 4. The molecule has 0 aromatic heterocycles. The van der Waals surface area contributed by atoms with Gasteiger partial charge in [-0.1, -0.05) is 48.5 Å². The summed E-state index contributed by atoms with van der Waals surface area (Å²) in [7, 11) is -4.09. The Morgan fingerprint density at radius 1 is 1.02 bits per heavy atom. The highest BCUT2D eigenvalue weighted by Gasteiger charge is 2.37. The molecule has 14 heteroatoms. The topological polar surface area (TPSA) is 199 Å². The summed E-state index contributed by atoms with van der Waals surface area (Å²) in [5.74, 6) is -1.78. The fourth-order valence-corrected chi connectivity index (χ4v) is 8.19. The summed E-state index contributed by atoms with van der Waals surface area (Å²) >= 11 is 0. The van der Waals surface area contributed by atoms with E-state index < -0.39 is 46.2 Å². The maximum absolute atomic E-state index is 13.4. The van der Waals surface area contributed by atoms with E-state index in [2.05, 4.69) is 20.3 Å². The zero-order valence-electron chi connectivity index (χ0n) is 28.8. The van der Waals surface area contributed by atoms with Crippen LogP contribution in [0.4, 0.5) is 4.79 Å². The number of sulfonamides is 1. The summed E-state index contributed by atoms with van der Waals surface area (Å²) in [5.41, 5.74) is 12.4. The highest BCUT2D eigenvalue weighted by molar-refractivity contribution is 7.90. The van der Waals surface area contributed by atoms with E-state index >= 15 is 0 Å². The Hall–Kier alpha value is -5.11. The van der Waals surface area contributed by atoms with E-state index in [1.165, 1.54) is 0 Å². The molecule has 0 spiro atoms. The van der Waals surface area contributed by atoms with Gasteiger partial charge in [-0.2, -0.15) is 0 Å². The number of amides is 2. The fraction of sp³-hybridized carbons (Fsp3) is 0.389. The Morgan fingerprint density at radius 3 is 2.26 bits per heavy atom. The molecule has 1 heterocycles. The van der Waals surface area contributed by atoms with Crippen LogP contribution in [0.15, 0.2) is 58.4 Å². The first-order valence-electron chi connectivity index (χ1n) is 16.3. The maximum Gasteiger partial charge on any atom is 0.407 e. The number of benzene rings is 3. The van der Waals surface area contributed by atoms with Crippen molar-refractivity contribution in [2.75, 3.05) is 19.7 Å². The van der Waals surface area contributed by atoms with Crippen LogP contribution in [-0.2, 0) is 30.8 Å². The Morgan fingerprint density at radius 2 is 1.64 bits per heavy atom. The van der Waals surface area contributed by atoms with Crippen LogP contribution < -0.4 is 25.8 Å². The molecule has 266 valence electrons. The van der Waals surface area contributed by atoms with Crippen LogP contribution in [0.1, 0.15) is 66.0 Å². The Labute approximate surface area is 291 Å². The normalized spacial score (nSPS) is 15.3. The first-order valence-corrected chi connectivity index (χ1v) is 17.8. The summed E-state index contributed by atoms with van der Waals surface area (Å²) in [6.45, 7) is 8.75. The first kappa shape index (κ1) is 36.2. The molecule has 0 bridgehead atoms. The van der Waals surface area contributed by atoms with E-state index in [-0.39, 0.29) is 42.8 Å². The maximum atomic E-state index is 13.4. The van der Waals surface area contributed by atoms with Crippen molar-refractivity contribution in [1.29, 1.82) is 0 Å². The van der Waals surface area contributed by atoms with Crippen molar-refractivity contribution in [3.63, 3.8) is 0 Å². The van der Waals surface area contributed by atoms with E-state index in [0.29, 0.717) is 23.3 Å². The van der Waals surface area contributed by atoms with Crippen molar-refractivity contribution in [2.24, 2.45) is 10.7 Å². The van der Waals surface area contributed by atoms with Crippen molar-refractivity contribution in [1.82, 2.24) is 15.4 Å². The number of carboxylic acid groups (broad SMARTS) is 1. The lowest BCUT2D eigenvalue weighted by molar-refractivity contribution is -0.141. The largest absolute Gasteiger partial charge is 0.487 e. The number of aliphatic imine (C=N–C) groups is 1. The molecule has 5 rings (SSSR count). The van der Waals surface area contributed by atoms with Gasteiger partial charge in [-0.05, 0) is 86.4 Å². The number of carbonyl (C=O) groups is 3. The standard InChI is InChI=1S/C36H43N5O8S/c1-20-21(2)32(22(3)27-17-36(4,5)49-31(20)27)50(46,47)41-34(37)38-16-10-15-29(33(43)44)40-30(42)18-39-35(45)48-19-28-25-13-8-6-11-23(25)24-12-7-9-14-26(24)28/h6-9,11-14,28-29H,10,15-19H2,1-5H3,(H,39,45)(H,40,42)(H,43,44)(H3,37,38,41)/t29-/m1/s1. The van der Waals surface area contributed by atoms with Gasteiger partial charge in [0.25, 0.3) is 10.0 Å². The van der Waals surface area contributed by atoms with Crippen LogP contribution >= 0.6 is 0 Å². The monoisotopic (exact) mass is 705 g/mol. The van der Waals surface area contributed by atoms with Crippen molar-refractivity contribution in [3.05, 3.63) is 81.9 Å². The van der Waals surface area contributed by atoms with Gasteiger partial charge in [0.15, 0.2) is 0 Å². The number of nitrogens with one attached hydrogen (secondary N) is 3. The van der Waals surface area contributed by atoms with Gasteiger partial charge in [-0.25, -0.2) is 22.7 Å². The second-order valence-electron chi connectivity index (χ2n) is 13.2. The Bertz CT molecular complexity index is 1930. The molecule has 0 radical (unpaired) electrons. The molecule has 3 aromatic rings. The third kappa shape index (κ3) is 7.70. The smallest absolute Gasteiger partial charge is 0.407 e. The number of nitrogens with two attached hydrogens (primary N) is 1. The number of aliphatic carboxylic acids is 1. The van der Waals surface area contributed by atoms with Gasteiger partial charge in [-0.3, -0.25) is 9.79 Å². The molecule has 2 aliphatic rings. The van der Waals surface area contributed by atoms with Gasteiger partial charge in [0, 0.05) is 24.4 Å². The summed E-state index contributed by atoms with van der Waals surface area (Å²) < 4.78 is 40.6. The van der Waals surface area contributed by atoms with Crippen LogP contribution in [0.3, 0.4) is 0 Å². The van der Waals surface area contributed by atoms with E-state index in [0.717, 1.165) is 33.4 Å². The molecule has 2 amide bonds. The van der Waals surface area contributed by atoms with Gasteiger partial charge >= 0.3 is 12.1 Å². The van der Waals surface area contributed by atoms with Crippen molar-refractivity contribution in [3.8, 4) is 16.9 Å². The summed E-state index contributed by atoms with van der Waals surface area (Å²) in [4.78, 5) is 40.9. The van der Waals surface area contributed by atoms with Gasteiger partial charge in [0.2, 0.25) is 11.9 Å². The first-order chi connectivity index (χ1) is 23.6. The lowest BCUT2D eigenvalue weighted by Gasteiger charge is -2.19. The predicted octanol–water partition coefficient (Wildman–Crippen LogP) is 3.81. The van der Waals surface area contributed by atoms with Crippen LogP contribution in [0.5, 0.6) is 5.75 Å². The zero-order valence-corrected chi connectivity index (χ0v) is 29.6. The number of alkyl carbamates (subject to hydrolysis) is 1. The van der Waals surface area contributed by atoms with E-state index in [4.69, 9.17) is 15.2 Å². The molecule has 0 unspecified atom stereocenters. The molecule has 3 aromatic carbocycles. The van der Waals surface area contributed by atoms with E-state index in [9.17, 15) is 27.9 Å². The molecule has 13 nitrogen and oxygen atoms in total. The molecule has 0 saturated carbocycles. The average molecular weight is 706 g/mol. The second-order valence-corrected chi connectivity index (χ2v) is 14.8. The summed E-state index contributed by atoms with van der Waals surface area (Å²) in [5, 5.41) is 14.4. The third-order valence-electron chi connectivity index (χ3n) is 9.10. The average Bonchev–Trinajstić information content (AvgIpc) is 3.56. The molecule has 6 N–H and O–H groups in total. The van der Waals surface area contributed by atoms with Crippen molar-refractivity contribution >= 4 is 34.0 Å². The van der Waals surface area contributed by atoms with Gasteiger partial charge in [0.05, 0.1) is 4.90 Å². The second kappa shape index (κ2) is 14.4. The van der Waals surface area contributed by atoms with Gasteiger partial charge in [0.1, 0.15) is 30.5 Å². The Balaban J connectivity index is 1.08. The molecule has 1 aliphatic heterocycles. The molecule has 1 atom stereocenters. The fourth-order valence-electron chi connectivity index (χ4n) is 6.67. The number of hydrogen-bond donors (Lipinski definition) is 5. The van der Waals surface area contributed by atoms with Crippen LogP contribution in [0, 0.1) is 20.8 Å². The quantitative estimate of drug-likeness (QED) is 0.106. The highest BCUT2D eigenvalue weighted by atomic mass is 32.2. The minimum atomic E-state index is -4.09. The molecule has 50 heavy (non-hydrogen) atoms. The highest BCUT2D eigenvalue weighted by Crippen LogP contribution is 2.45. The number of ether oxygens (including phenoxy) is 2. The lowest BCUT2D eigenvalue weighted by Crippen LogP contribution is -2.45. The van der Waals surface area contributed by atoms with E-state index in [1.54, 1.807) is 13.8 Å². The minimum Gasteiger partial charge on any atom is -0.487 e. The van der Waals surface area contributed by atoms with Crippen LogP contribution in [-0.4, -0.2) is 68.8 Å². The van der Waals surface area contributed by atoms with Gasteiger partial charge < -0.3 is 30.9 Å². The number of guanidine groups is 1. The predicted molar refractivity (Wildman–Crippen MR) is 188 cm³/mol. The van der Waals surface area contributed by atoms with Crippen molar-refractivity contribution in [2.45, 2.75) is 76.3 Å². The molecule has 0 fully saturated rings. The van der Waals surface area contributed by atoms with Crippen LogP contribution in [0.25, 0.3) is 11.1 Å². The van der Waals surface area contributed by atoms with Gasteiger partial charge in [-0.15, -0.1) is 0 Å². The number of nitrogens with zero attached hydrogens (tertiary/aromatic N) is 1. The minimum absolute atomic E-state index is 0.00475.